The third-order valence-corrected chi connectivity index (χ3v) is 8.73. The summed E-state index contributed by atoms with van der Waals surface area (Å²) in [5.74, 6) is 0. The predicted octanol–water partition coefficient (Wildman–Crippen LogP) is 10.5. The molecule has 0 saturated carbocycles. The second-order valence-corrected chi connectivity index (χ2v) is 10.9. The average molecular weight is 502 g/mol. The van der Waals surface area contributed by atoms with E-state index >= 15 is 0 Å². The summed E-state index contributed by atoms with van der Waals surface area (Å²) < 4.78 is 5.10. The van der Waals surface area contributed by atoms with Crippen molar-refractivity contribution in [1.29, 1.82) is 0 Å². The zero-order valence-electron chi connectivity index (χ0n) is 20.6. The molecule has 0 saturated heterocycles. The molecular formula is C36H23NS. The molecule has 2 heteroatoms. The van der Waals surface area contributed by atoms with Crippen molar-refractivity contribution in [2.24, 2.45) is 0 Å². The van der Waals surface area contributed by atoms with Gasteiger partial charge in [-0.05, 0) is 53.1 Å². The summed E-state index contributed by atoms with van der Waals surface area (Å²) in [6, 6.07) is 50.7. The minimum atomic E-state index is 1.21. The van der Waals surface area contributed by atoms with Crippen molar-refractivity contribution in [3.63, 3.8) is 0 Å². The van der Waals surface area contributed by atoms with Gasteiger partial charge in [0.05, 0.1) is 16.7 Å². The molecular weight excluding hydrogens is 478 g/mol. The monoisotopic (exact) mass is 501 g/mol. The van der Waals surface area contributed by atoms with Crippen LogP contribution in [0.5, 0.6) is 0 Å². The van der Waals surface area contributed by atoms with Crippen LogP contribution in [0.2, 0.25) is 0 Å². The molecule has 6 aromatic carbocycles. The molecule has 0 unspecified atom stereocenters. The van der Waals surface area contributed by atoms with Crippen LogP contribution in [0, 0.1) is 0 Å². The highest BCUT2D eigenvalue weighted by molar-refractivity contribution is 7.25. The van der Waals surface area contributed by atoms with Gasteiger partial charge < -0.3 is 4.57 Å². The summed E-state index contributed by atoms with van der Waals surface area (Å²) in [5.41, 5.74) is 8.60. The van der Waals surface area contributed by atoms with Crippen LogP contribution in [0.3, 0.4) is 0 Å². The summed E-state index contributed by atoms with van der Waals surface area (Å²) >= 11 is 1.88. The SMILES string of the molecule is c1ccc(-c2cccc(-c3cc4sc5ccccc5c4cc3-n3c4ccccc4c4ccccc43)c2)cc1. The van der Waals surface area contributed by atoms with Gasteiger partial charge in [-0.2, -0.15) is 0 Å². The number of fused-ring (bicyclic) bond motifs is 6. The number of thiophene rings is 1. The molecule has 0 atom stereocenters. The molecule has 178 valence electrons. The third kappa shape index (κ3) is 3.24. The van der Waals surface area contributed by atoms with Crippen LogP contribution < -0.4 is 0 Å². The van der Waals surface area contributed by atoms with Gasteiger partial charge in [0.2, 0.25) is 0 Å². The van der Waals surface area contributed by atoms with Gasteiger partial charge in [0.25, 0.3) is 0 Å². The fourth-order valence-corrected chi connectivity index (χ4v) is 6.98. The van der Waals surface area contributed by atoms with Gasteiger partial charge in [-0.1, -0.05) is 103 Å². The molecule has 0 spiro atoms. The molecule has 8 aromatic rings. The van der Waals surface area contributed by atoms with Crippen molar-refractivity contribution < 1.29 is 0 Å². The zero-order valence-corrected chi connectivity index (χ0v) is 21.5. The molecule has 0 aliphatic heterocycles. The smallest absolute Gasteiger partial charge is 0.0547 e. The van der Waals surface area contributed by atoms with Gasteiger partial charge >= 0.3 is 0 Å². The lowest BCUT2D eigenvalue weighted by atomic mass is 9.96. The molecule has 0 fully saturated rings. The fraction of sp³-hybridized carbons (Fsp3) is 0. The Morgan fingerprint density at radius 3 is 1.76 bits per heavy atom. The highest BCUT2D eigenvalue weighted by Crippen LogP contribution is 2.42. The Morgan fingerprint density at radius 1 is 0.395 bits per heavy atom. The lowest BCUT2D eigenvalue weighted by Crippen LogP contribution is -1.97. The Hall–Kier alpha value is -4.66. The van der Waals surface area contributed by atoms with E-state index in [2.05, 4.69) is 144 Å². The van der Waals surface area contributed by atoms with Crippen molar-refractivity contribution >= 4 is 53.3 Å². The Kier molecular flexibility index (Phi) is 4.76. The number of rotatable bonds is 3. The Balaban J connectivity index is 1.50. The van der Waals surface area contributed by atoms with E-state index in [0.29, 0.717) is 0 Å². The van der Waals surface area contributed by atoms with E-state index in [4.69, 9.17) is 0 Å². The number of benzene rings is 6. The first-order valence-corrected chi connectivity index (χ1v) is 13.8. The molecule has 8 rings (SSSR count). The Morgan fingerprint density at radius 2 is 1.00 bits per heavy atom. The second kappa shape index (κ2) is 8.44. The number of para-hydroxylation sites is 2. The van der Waals surface area contributed by atoms with Gasteiger partial charge in [0.15, 0.2) is 0 Å². The fourth-order valence-electron chi connectivity index (χ4n) is 5.86. The molecule has 2 heterocycles. The molecule has 0 N–H and O–H groups in total. The van der Waals surface area contributed by atoms with Gasteiger partial charge in [-0.15, -0.1) is 11.3 Å². The summed E-state index contributed by atoms with van der Waals surface area (Å²) in [4.78, 5) is 0. The van der Waals surface area contributed by atoms with Crippen LogP contribution in [0.1, 0.15) is 0 Å². The van der Waals surface area contributed by atoms with E-state index < -0.39 is 0 Å². The van der Waals surface area contributed by atoms with Gasteiger partial charge in [0, 0.05) is 36.5 Å². The highest BCUT2D eigenvalue weighted by atomic mass is 32.1. The van der Waals surface area contributed by atoms with Crippen LogP contribution in [-0.2, 0) is 0 Å². The van der Waals surface area contributed by atoms with E-state index in [-0.39, 0.29) is 0 Å². The minimum absolute atomic E-state index is 1.21. The van der Waals surface area contributed by atoms with Crippen molar-refractivity contribution in [1.82, 2.24) is 4.57 Å². The van der Waals surface area contributed by atoms with E-state index in [1.54, 1.807) is 0 Å². The summed E-state index contributed by atoms with van der Waals surface area (Å²) in [6.45, 7) is 0. The Labute approximate surface area is 224 Å². The van der Waals surface area contributed by atoms with Gasteiger partial charge in [-0.3, -0.25) is 0 Å². The van der Waals surface area contributed by atoms with Crippen LogP contribution >= 0.6 is 11.3 Å². The standard InChI is InChI=1S/C36H23NS/c1-2-11-24(12-3-1)25-13-10-14-26(21-25)30-23-36-31(29-17-6-9-20-35(29)38-36)22-34(30)37-32-18-7-4-15-27(32)28-16-5-8-19-33(28)37/h1-23H. The van der Waals surface area contributed by atoms with Crippen molar-refractivity contribution in [2.45, 2.75) is 0 Å². The van der Waals surface area contributed by atoms with Crippen molar-refractivity contribution in [3.8, 4) is 27.9 Å². The molecule has 0 radical (unpaired) electrons. The summed E-state index contributed by atoms with van der Waals surface area (Å²) in [6.07, 6.45) is 0. The van der Waals surface area contributed by atoms with E-state index in [0.717, 1.165) is 0 Å². The minimum Gasteiger partial charge on any atom is -0.309 e. The summed E-state index contributed by atoms with van der Waals surface area (Å²) in [7, 11) is 0. The first-order chi connectivity index (χ1) is 18.8. The lowest BCUT2D eigenvalue weighted by Gasteiger charge is -2.16. The normalized spacial score (nSPS) is 11.7. The zero-order chi connectivity index (χ0) is 25.1. The van der Waals surface area contributed by atoms with Gasteiger partial charge in [-0.25, -0.2) is 0 Å². The predicted molar refractivity (Wildman–Crippen MR) is 165 cm³/mol. The first kappa shape index (κ1) is 21.4. The first-order valence-electron chi connectivity index (χ1n) is 12.9. The maximum absolute atomic E-state index is 2.46. The lowest BCUT2D eigenvalue weighted by molar-refractivity contribution is 1.19. The van der Waals surface area contributed by atoms with Crippen LogP contribution in [0.25, 0.3) is 69.9 Å². The van der Waals surface area contributed by atoms with E-state index in [1.165, 1.54) is 69.9 Å². The highest BCUT2D eigenvalue weighted by Gasteiger charge is 2.18. The average Bonchev–Trinajstić information content (AvgIpc) is 3.52. The van der Waals surface area contributed by atoms with Crippen LogP contribution in [0.4, 0.5) is 0 Å². The van der Waals surface area contributed by atoms with Crippen LogP contribution in [0.15, 0.2) is 140 Å². The quantitative estimate of drug-likeness (QED) is 0.227. The third-order valence-electron chi connectivity index (χ3n) is 7.60. The molecule has 0 bridgehead atoms. The van der Waals surface area contributed by atoms with Crippen molar-refractivity contribution in [3.05, 3.63) is 140 Å². The largest absolute Gasteiger partial charge is 0.309 e. The molecule has 1 nitrogen and oxygen atoms in total. The number of hydrogen-bond acceptors (Lipinski definition) is 1. The maximum atomic E-state index is 2.46. The molecule has 0 amide bonds. The molecule has 0 aliphatic rings. The molecule has 0 aliphatic carbocycles. The molecule has 38 heavy (non-hydrogen) atoms. The number of aromatic nitrogens is 1. The van der Waals surface area contributed by atoms with Crippen molar-refractivity contribution in [2.75, 3.05) is 0 Å². The number of hydrogen-bond donors (Lipinski definition) is 0. The van der Waals surface area contributed by atoms with Crippen LogP contribution in [-0.4, -0.2) is 4.57 Å². The molecule has 2 aromatic heterocycles. The Bertz CT molecular complexity index is 2080. The topological polar surface area (TPSA) is 4.93 Å². The maximum Gasteiger partial charge on any atom is 0.0547 e. The summed E-state index contributed by atoms with van der Waals surface area (Å²) in [5, 5.41) is 5.19. The van der Waals surface area contributed by atoms with E-state index in [1.807, 2.05) is 11.3 Å². The van der Waals surface area contributed by atoms with E-state index in [9.17, 15) is 0 Å². The van der Waals surface area contributed by atoms with Gasteiger partial charge in [0.1, 0.15) is 0 Å². The second-order valence-electron chi connectivity index (χ2n) is 9.78. The number of nitrogens with zero attached hydrogens (tertiary/aromatic N) is 1.